The minimum Gasteiger partial charge on any atom is -0.493 e. The third-order valence-electron chi connectivity index (χ3n) is 5.55. The highest BCUT2D eigenvalue weighted by molar-refractivity contribution is 5.97. The Morgan fingerprint density at radius 3 is 2.48 bits per heavy atom. The highest BCUT2D eigenvalue weighted by atomic mass is 16.5. The molecule has 2 aromatic heterocycles. The summed E-state index contributed by atoms with van der Waals surface area (Å²) in [5, 5.41) is 4.23. The van der Waals surface area contributed by atoms with E-state index >= 15 is 0 Å². The Labute approximate surface area is 193 Å². The van der Waals surface area contributed by atoms with Crippen LogP contribution in [0.5, 0.6) is 11.5 Å². The number of nitrogens with two attached hydrogens (primary N) is 1. The van der Waals surface area contributed by atoms with Crippen molar-refractivity contribution in [1.29, 1.82) is 0 Å². The minimum atomic E-state index is -0.251. The van der Waals surface area contributed by atoms with E-state index in [1.807, 2.05) is 26.0 Å². The molecule has 8 heteroatoms. The summed E-state index contributed by atoms with van der Waals surface area (Å²) in [6, 6.07) is 5.30. The van der Waals surface area contributed by atoms with E-state index in [1.54, 1.807) is 25.6 Å². The number of carbonyl (C=O) groups excluding carboxylic acids is 1. The van der Waals surface area contributed by atoms with Crippen molar-refractivity contribution >= 4 is 28.2 Å². The number of pyridine rings is 2. The molecule has 0 aliphatic carbocycles. The number of unbranched alkanes of at least 4 members (excludes halogenated alkanes) is 4. The maximum absolute atomic E-state index is 12.5. The number of nitrogens with zero attached hydrogens (tertiary/aromatic N) is 1. The minimum absolute atomic E-state index is 0.234. The molecular weight excluding hydrogens is 420 g/mol. The molecule has 0 radical (unpaired) electrons. The number of rotatable bonds is 12. The summed E-state index contributed by atoms with van der Waals surface area (Å²) in [6.45, 7) is 4.44. The van der Waals surface area contributed by atoms with Crippen LogP contribution in [0.4, 0.5) is 11.4 Å². The van der Waals surface area contributed by atoms with Crippen molar-refractivity contribution in [3.05, 3.63) is 52.1 Å². The fraction of sp³-hybridized carbons (Fsp3) is 0.400. The van der Waals surface area contributed by atoms with Crippen LogP contribution >= 0.6 is 0 Å². The Bertz CT molecular complexity index is 1150. The first kappa shape index (κ1) is 24.1. The number of primary amides is 1. The first-order valence-corrected chi connectivity index (χ1v) is 11.2. The van der Waals surface area contributed by atoms with Gasteiger partial charge in [-0.15, -0.1) is 0 Å². The molecule has 1 aromatic carbocycles. The van der Waals surface area contributed by atoms with Crippen molar-refractivity contribution in [2.45, 2.75) is 52.4 Å². The summed E-state index contributed by atoms with van der Waals surface area (Å²) in [5.74, 6) is 0.833. The van der Waals surface area contributed by atoms with Crippen molar-refractivity contribution < 1.29 is 14.3 Å². The highest BCUT2D eigenvalue weighted by Gasteiger charge is 2.15. The van der Waals surface area contributed by atoms with Gasteiger partial charge in [-0.25, -0.2) is 0 Å². The fourth-order valence-electron chi connectivity index (χ4n) is 3.83. The molecule has 176 valence electrons. The van der Waals surface area contributed by atoms with Crippen LogP contribution in [0.3, 0.4) is 0 Å². The predicted octanol–water partition coefficient (Wildman–Crippen LogP) is 4.50. The lowest BCUT2D eigenvalue weighted by molar-refractivity contribution is -0.118. The molecule has 0 bridgehead atoms. The Kier molecular flexibility index (Phi) is 8.29. The number of benzene rings is 1. The van der Waals surface area contributed by atoms with Crippen LogP contribution in [0.1, 0.15) is 49.7 Å². The molecule has 3 aromatic rings. The number of aryl methyl sites for hydroxylation is 2. The largest absolute Gasteiger partial charge is 0.493 e. The number of ether oxygens (including phenoxy) is 2. The number of carbonyl (C=O) groups is 1. The number of nitrogens with one attached hydrogen (secondary N) is 2. The average molecular weight is 453 g/mol. The maximum Gasteiger partial charge on any atom is 0.250 e. The number of aromatic amines is 1. The first-order valence-electron chi connectivity index (χ1n) is 11.2. The molecule has 1 amide bonds. The number of methoxy groups -OCH3 is 1. The average Bonchev–Trinajstić information content (AvgIpc) is 2.77. The second-order valence-electron chi connectivity index (χ2n) is 8.17. The van der Waals surface area contributed by atoms with Crippen molar-refractivity contribution in [3.8, 4) is 11.5 Å². The van der Waals surface area contributed by atoms with Gasteiger partial charge in [0.25, 0.3) is 5.56 Å². The van der Waals surface area contributed by atoms with Gasteiger partial charge in [-0.1, -0.05) is 19.3 Å². The fourth-order valence-corrected chi connectivity index (χ4v) is 3.83. The van der Waals surface area contributed by atoms with E-state index in [4.69, 9.17) is 15.2 Å². The van der Waals surface area contributed by atoms with Crippen molar-refractivity contribution in [2.75, 3.05) is 19.0 Å². The van der Waals surface area contributed by atoms with Crippen LogP contribution in [-0.4, -0.2) is 29.6 Å². The van der Waals surface area contributed by atoms with E-state index in [0.717, 1.165) is 54.3 Å². The van der Waals surface area contributed by atoms with Gasteiger partial charge >= 0.3 is 0 Å². The number of anilines is 2. The lowest BCUT2D eigenvalue weighted by Gasteiger charge is -2.17. The molecule has 0 unspecified atom stereocenters. The third kappa shape index (κ3) is 6.25. The summed E-state index contributed by atoms with van der Waals surface area (Å²) >= 11 is 0. The summed E-state index contributed by atoms with van der Waals surface area (Å²) in [4.78, 5) is 30.4. The predicted molar refractivity (Wildman–Crippen MR) is 131 cm³/mol. The molecule has 0 saturated carbocycles. The van der Waals surface area contributed by atoms with Gasteiger partial charge in [0.2, 0.25) is 5.91 Å². The molecule has 2 heterocycles. The van der Waals surface area contributed by atoms with Crippen LogP contribution in [0, 0.1) is 13.8 Å². The van der Waals surface area contributed by atoms with Gasteiger partial charge in [0.15, 0.2) is 11.5 Å². The number of H-pyrrole nitrogens is 1. The Balaban J connectivity index is 1.79. The first-order chi connectivity index (χ1) is 15.9. The van der Waals surface area contributed by atoms with E-state index in [2.05, 4.69) is 15.3 Å². The number of fused-ring (bicyclic) bond motifs is 1. The van der Waals surface area contributed by atoms with Crippen molar-refractivity contribution in [2.24, 2.45) is 5.73 Å². The van der Waals surface area contributed by atoms with E-state index in [9.17, 15) is 9.59 Å². The monoisotopic (exact) mass is 452 g/mol. The molecule has 0 saturated heterocycles. The molecule has 0 spiro atoms. The molecular formula is C25H32N4O4. The lowest BCUT2D eigenvalue weighted by Crippen LogP contribution is -2.10. The quantitative estimate of drug-likeness (QED) is 0.348. The lowest BCUT2D eigenvalue weighted by atomic mass is 10.1. The normalized spacial score (nSPS) is 10.9. The number of hydrogen-bond donors (Lipinski definition) is 3. The number of aromatic nitrogens is 2. The molecule has 4 N–H and O–H groups in total. The summed E-state index contributed by atoms with van der Waals surface area (Å²) in [5.41, 5.74) is 9.12. The van der Waals surface area contributed by atoms with E-state index in [-0.39, 0.29) is 11.5 Å². The van der Waals surface area contributed by atoms with E-state index in [0.29, 0.717) is 35.7 Å². The van der Waals surface area contributed by atoms with Gasteiger partial charge in [0.1, 0.15) is 0 Å². The summed E-state index contributed by atoms with van der Waals surface area (Å²) in [6.07, 6.45) is 8.65. The maximum atomic E-state index is 12.5. The number of hydrogen-bond acceptors (Lipinski definition) is 6. The van der Waals surface area contributed by atoms with Gasteiger partial charge in [0.05, 0.1) is 24.9 Å². The molecule has 0 aliphatic rings. The topological polar surface area (TPSA) is 119 Å². The second-order valence-corrected chi connectivity index (χ2v) is 8.17. The standard InChI is InChI=1S/C25H32N4O4/c1-16-14-27-15-17(2)23(16)28-19-13-22(31)29-24-18(19)10-11-20(32-3)25(24)33-12-8-6-4-5-7-9-21(26)30/h10-11,13-15H,4-9,12H2,1-3H3,(H2,26,30)(H2,27,28,29,31). The summed E-state index contributed by atoms with van der Waals surface area (Å²) < 4.78 is 11.6. The van der Waals surface area contributed by atoms with Crippen LogP contribution < -0.4 is 26.1 Å². The third-order valence-corrected chi connectivity index (χ3v) is 5.55. The van der Waals surface area contributed by atoms with Crippen molar-refractivity contribution in [1.82, 2.24) is 9.97 Å². The molecule has 33 heavy (non-hydrogen) atoms. The SMILES string of the molecule is COc1ccc2c(Nc3c(C)cncc3C)cc(=O)[nH]c2c1OCCCCCCCC(N)=O. The van der Waals surface area contributed by atoms with E-state index < -0.39 is 0 Å². The van der Waals surface area contributed by atoms with Gasteiger partial charge in [-0.05, 0) is 49.9 Å². The van der Waals surface area contributed by atoms with Gasteiger partial charge < -0.3 is 25.5 Å². The number of amides is 1. The van der Waals surface area contributed by atoms with Crippen molar-refractivity contribution in [3.63, 3.8) is 0 Å². The molecule has 3 rings (SSSR count). The smallest absolute Gasteiger partial charge is 0.250 e. The molecule has 0 fully saturated rings. The molecule has 8 nitrogen and oxygen atoms in total. The zero-order valence-corrected chi connectivity index (χ0v) is 19.5. The Morgan fingerprint density at radius 1 is 1.09 bits per heavy atom. The van der Waals surface area contributed by atoms with E-state index in [1.165, 1.54) is 0 Å². The zero-order chi connectivity index (χ0) is 23.8. The summed E-state index contributed by atoms with van der Waals surface area (Å²) in [7, 11) is 1.58. The van der Waals surface area contributed by atoms with Crippen LogP contribution in [-0.2, 0) is 4.79 Å². The van der Waals surface area contributed by atoms with Crippen LogP contribution in [0.25, 0.3) is 10.9 Å². The highest BCUT2D eigenvalue weighted by Crippen LogP contribution is 2.37. The molecule has 0 atom stereocenters. The van der Waals surface area contributed by atoms with Crippen LogP contribution in [0.2, 0.25) is 0 Å². The van der Waals surface area contributed by atoms with Crippen LogP contribution in [0.15, 0.2) is 35.4 Å². The Hall–Kier alpha value is -3.55. The second kappa shape index (κ2) is 11.4. The Morgan fingerprint density at radius 2 is 1.79 bits per heavy atom. The van der Waals surface area contributed by atoms with Gasteiger partial charge in [-0.2, -0.15) is 0 Å². The molecule has 0 aliphatic heterocycles. The van der Waals surface area contributed by atoms with Gasteiger partial charge in [0, 0.05) is 36.0 Å². The van der Waals surface area contributed by atoms with Gasteiger partial charge in [-0.3, -0.25) is 14.6 Å². The zero-order valence-electron chi connectivity index (χ0n) is 19.5.